The normalized spacial score (nSPS) is 14.2. The molecule has 0 saturated carbocycles. The van der Waals surface area contributed by atoms with E-state index >= 15 is 0 Å². The van der Waals surface area contributed by atoms with E-state index in [9.17, 15) is 9.59 Å². The molecule has 2 aromatic carbocycles. The highest BCUT2D eigenvalue weighted by molar-refractivity contribution is 6.34. The fourth-order valence-corrected chi connectivity index (χ4v) is 2.98. The summed E-state index contributed by atoms with van der Waals surface area (Å²) in [7, 11) is 0. The lowest BCUT2D eigenvalue weighted by atomic mass is 10.1. The van der Waals surface area contributed by atoms with Crippen molar-refractivity contribution in [3.05, 3.63) is 63.6 Å². The summed E-state index contributed by atoms with van der Waals surface area (Å²) in [5.74, 6) is -0.410. The molecule has 0 radical (unpaired) electrons. The summed E-state index contributed by atoms with van der Waals surface area (Å²) in [4.78, 5) is 26.7. The van der Waals surface area contributed by atoms with E-state index < -0.39 is 0 Å². The van der Waals surface area contributed by atoms with E-state index in [4.69, 9.17) is 23.2 Å². The van der Waals surface area contributed by atoms with E-state index in [0.717, 1.165) is 13.1 Å². The molecule has 5 nitrogen and oxygen atoms in total. The molecule has 0 atom stereocenters. The molecule has 0 bridgehead atoms. The maximum Gasteiger partial charge on any atom is 0.255 e. The molecular formula is C18H17Cl2N3O2. The number of hydrogen-bond acceptors (Lipinski definition) is 3. The van der Waals surface area contributed by atoms with Gasteiger partial charge in [0.25, 0.3) is 11.8 Å². The molecule has 25 heavy (non-hydrogen) atoms. The fraction of sp³-hybridized carbons (Fsp3) is 0.222. The third kappa shape index (κ3) is 4.31. The van der Waals surface area contributed by atoms with Crippen LogP contribution >= 0.6 is 23.2 Å². The zero-order valence-electron chi connectivity index (χ0n) is 13.4. The molecule has 130 valence electrons. The minimum Gasteiger partial charge on any atom is -0.336 e. The van der Waals surface area contributed by atoms with E-state index in [1.54, 1.807) is 47.4 Å². The average Bonchev–Trinajstić information content (AvgIpc) is 2.63. The summed E-state index contributed by atoms with van der Waals surface area (Å²) in [6.45, 7) is 2.87. The Morgan fingerprint density at radius 1 is 1.00 bits per heavy atom. The third-order valence-corrected chi connectivity index (χ3v) is 4.52. The van der Waals surface area contributed by atoms with Crippen molar-refractivity contribution in [1.82, 2.24) is 10.2 Å². The number of anilines is 1. The van der Waals surface area contributed by atoms with Gasteiger partial charge in [0.15, 0.2) is 0 Å². The van der Waals surface area contributed by atoms with Gasteiger partial charge in [0.1, 0.15) is 0 Å². The van der Waals surface area contributed by atoms with Crippen LogP contribution in [0.4, 0.5) is 5.69 Å². The largest absolute Gasteiger partial charge is 0.336 e. The lowest BCUT2D eigenvalue weighted by Crippen LogP contribution is -2.46. The Labute approximate surface area is 155 Å². The number of carbonyl (C=O) groups excluding carboxylic acids is 2. The number of nitrogens with one attached hydrogen (secondary N) is 2. The lowest BCUT2D eigenvalue weighted by Gasteiger charge is -2.27. The van der Waals surface area contributed by atoms with E-state index in [1.165, 1.54) is 0 Å². The van der Waals surface area contributed by atoms with Crippen molar-refractivity contribution in [1.29, 1.82) is 0 Å². The molecule has 1 fully saturated rings. The summed E-state index contributed by atoms with van der Waals surface area (Å²) < 4.78 is 0. The molecule has 7 heteroatoms. The second-order valence-corrected chi connectivity index (χ2v) is 6.54. The minimum atomic E-state index is -0.337. The first kappa shape index (κ1) is 17.7. The SMILES string of the molecule is O=C(Nc1cc(C(=O)N2CCNCC2)ccc1Cl)c1cccc(Cl)c1. The van der Waals surface area contributed by atoms with Crippen LogP contribution in [-0.4, -0.2) is 42.9 Å². The Hall–Kier alpha value is -2.08. The average molecular weight is 378 g/mol. The molecule has 2 amide bonds. The van der Waals surface area contributed by atoms with Crippen molar-refractivity contribution in [2.45, 2.75) is 0 Å². The smallest absolute Gasteiger partial charge is 0.255 e. The molecule has 3 rings (SSSR count). The summed E-state index contributed by atoms with van der Waals surface area (Å²) in [6.07, 6.45) is 0. The minimum absolute atomic E-state index is 0.0728. The summed E-state index contributed by atoms with van der Waals surface area (Å²) in [5.41, 5.74) is 1.31. The number of halogens is 2. The molecule has 2 aromatic rings. The van der Waals surface area contributed by atoms with Crippen LogP contribution < -0.4 is 10.6 Å². The Balaban J connectivity index is 1.79. The molecular weight excluding hydrogens is 361 g/mol. The van der Waals surface area contributed by atoms with Gasteiger partial charge in [-0.2, -0.15) is 0 Å². The van der Waals surface area contributed by atoms with Crippen LogP contribution in [0.25, 0.3) is 0 Å². The topological polar surface area (TPSA) is 61.4 Å². The fourth-order valence-electron chi connectivity index (χ4n) is 2.63. The number of carbonyl (C=O) groups is 2. The van der Waals surface area contributed by atoms with Gasteiger partial charge in [0.05, 0.1) is 10.7 Å². The van der Waals surface area contributed by atoms with Gasteiger partial charge in [-0.25, -0.2) is 0 Å². The van der Waals surface area contributed by atoms with Crippen LogP contribution in [0.1, 0.15) is 20.7 Å². The summed E-state index contributed by atoms with van der Waals surface area (Å²) >= 11 is 12.1. The van der Waals surface area contributed by atoms with Gasteiger partial charge < -0.3 is 15.5 Å². The van der Waals surface area contributed by atoms with Crippen molar-refractivity contribution in [3.8, 4) is 0 Å². The zero-order chi connectivity index (χ0) is 17.8. The first-order valence-corrected chi connectivity index (χ1v) is 8.66. The van der Waals surface area contributed by atoms with E-state index in [0.29, 0.717) is 39.9 Å². The Kier molecular flexibility index (Phi) is 5.58. The molecule has 0 aliphatic carbocycles. The third-order valence-electron chi connectivity index (χ3n) is 3.95. The van der Waals surface area contributed by atoms with Gasteiger partial charge in [-0.05, 0) is 36.4 Å². The van der Waals surface area contributed by atoms with E-state index in [-0.39, 0.29) is 11.8 Å². The van der Waals surface area contributed by atoms with Gasteiger partial charge >= 0.3 is 0 Å². The van der Waals surface area contributed by atoms with Crippen LogP contribution in [0.5, 0.6) is 0 Å². The maximum atomic E-state index is 12.6. The van der Waals surface area contributed by atoms with Crippen molar-refractivity contribution in [2.75, 3.05) is 31.5 Å². The van der Waals surface area contributed by atoms with Gasteiger partial charge in [-0.1, -0.05) is 29.3 Å². The highest BCUT2D eigenvalue weighted by Gasteiger charge is 2.19. The molecule has 1 aliphatic heterocycles. The van der Waals surface area contributed by atoms with Crippen LogP contribution in [0.3, 0.4) is 0 Å². The van der Waals surface area contributed by atoms with E-state index in [1.807, 2.05) is 0 Å². The number of piperazine rings is 1. The molecule has 1 aliphatic rings. The molecule has 0 aromatic heterocycles. The quantitative estimate of drug-likeness (QED) is 0.862. The standard InChI is InChI=1S/C18H17Cl2N3O2/c19-14-3-1-2-12(10-14)17(24)22-16-11-13(4-5-15(16)20)18(25)23-8-6-21-7-9-23/h1-5,10-11,21H,6-9H2,(H,22,24). The van der Waals surface area contributed by atoms with Crippen LogP contribution in [0, 0.1) is 0 Å². The van der Waals surface area contributed by atoms with Crippen molar-refractivity contribution < 1.29 is 9.59 Å². The van der Waals surface area contributed by atoms with Crippen LogP contribution in [0.2, 0.25) is 10.0 Å². The number of hydrogen-bond donors (Lipinski definition) is 2. The second kappa shape index (κ2) is 7.87. The van der Waals surface area contributed by atoms with Gasteiger partial charge in [0, 0.05) is 42.3 Å². The van der Waals surface area contributed by atoms with Gasteiger partial charge in [-0.15, -0.1) is 0 Å². The van der Waals surface area contributed by atoms with Gasteiger partial charge in [0.2, 0.25) is 0 Å². The summed E-state index contributed by atoms with van der Waals surface area (Å²) in [5, 5.41) is 6.79. The second-order valence-electron chi connectivity index (χ2n) is 5.70. The van der Waals surface area contributed by atoms with Crippen LogP contribution in [-0.2, 0) is 0 Å². The first-order valence-electron chi connectivity index (χ1n) is 7.91. The summed E-state index contributed by atoms with van der Waals surface area (Å²) in [6, 6.07) is 11.5. The Bertz CT molecular complexity index is 805. The Morgan fingerprint density at radius 3 is 2.48 bits per heavy atom. The van der Waals surface area contributed by atoms with Gasteiger partial charge in [-0.3, -0.25) is 9.59 Å². The number of nitrogens with zero attached hydrogens (tertiary/aromatic N) is 1. The number of rotatable bonds is 3. The molecule has 1 saturated heterocycles. The Morgan fingerprint density at radius 2 is 1.76 bits per heavy atom. The molecule has 1 heterocycles. The first-order chi connectivity index (χ1) is 12.0. The highest BCUT2D eigenvalue weighted by atomic mass is 35.5. The molecule has 0 spiro atoms. The van der Waals surface area contributed by atoms with E-state index in [2.05, 4.69) is 10.6 Å². The molecule has 0 unspecified atom stereocenters. The number of benzene rings is 2. The van der Waals surface area contributed by atoms with Crippen molar-refractivity contribution in [2.24, 2.45) is 0 Å². The highest BCUT2D eigenvalue weighted by Crippen LogP contribution is 2.25. The number of amides is 2. The monoisotopic (exact) mass is 377 g/mol. The van der Waals surface area contributed by atoms with Crippen LogP contribution in [0.15, 0.2) is 42.5 Å². The zero-order valence-corrected chi connectivity index (χ0v) is 14.9. The maximum absolute atomic E-state index is 12.6. The van der Waals surface area contributed by atoms with Crippen molar-refractivity contribution >= 4 is 40.7 Å². The predicted molar refractivity (Wildman–Crippen MR) is 99.6 cm³/mol. The van der Waals surface area contributed by atoms with Crippen molar-refractivity contribution in [3.63, 3.8) is 0 Å². The molecule has 2 N–H and O–H groups in total. The predicted octanol–water partition coefficient (Wildman–Crippen LogP) is 3.29. The lowest BCUT2D eigenvalue weighted by molar-refractivity contribution is 0.0735.